The molecule has 2 aliphatic rings. The number of halogens is 3. The maximum absolute atomic E-state index is 12.6. The number of carbonyl (C=O) groups excluding carboxylic acids is 3. The maximum atomic E-state index is 12.6. The molecule has 3 rings (SSSR count). The number of hydrogen-bond donors (Lipinski definition) is 1. The fourth-order valence-corrected chi connectivity index (χ4v) is 4.34. The van der Waals surface area contributed by atoms with Crippen molar-refractivity contribution in [2.75, 3.05) is 43.0 Å². The first-order valence-corrected chi connectivity index (χ1v) is 10.4. The fraction of sp³-hybridized carbons (Fsp3) is 0.526. The van der Waals surface area contributed by atoms with Crippen LogP contribution in [0.4, 0.5) is 18.9 Å². The van der Waals surface area contributed by atoms with E-state index in [1.165, 1.54) is 0 Å². The van der Waals surface area contributed by atoms with Gasteiger partial charge in [0, 0.05) is 48.8 Å². The van der Waals surface area contributed by atoms with E-state index in [9.17, 15) is 27.6 Å². The summed E-state index contributed by atoms with van der Waals surface area (Å²) in [5, 5.41) is 2.67. The quantitative estimate of drug-likeness (QED) is 0.799. The maximum Gasteiger partial charge on any atom is 0.406 e. The summed E-state index contributed by atoms with van der Waals surface area (Å²) < 4.78 is 37.6. The number of nitrogens with one attached hydrogen (secondary N) is 1. The van der Waals surface area contributed by atoms with Crippen LogP contribution in [0.5, 0.6) is 0 Å². The number of anilines is 1. The highest BCUT2D eigenvalue weighted by Gasteiger charge is 2.40. The Hall–Kier alpha value is -2.23. The molecule has 0 bridgehead atoms. The van der Waals surface area contributed by atoms with E-state index in [0.29, 0.717) is 34.8 Å². The third-order valence-electron chi connectivity index (χ3n) is 4.98. The Kier molecular flexibility index (Phi) is 6.40. The molecule has 1 aromatic rings. The Morgan fingerprint density at radius 2 is 1.93 bits per heavy atom. The summed E-state index contributed by atoms with van der Waals surface area (Å²) >= 11 is 1.81. The number of likely N-dealkylation sites (tertiary alicyclic amines) is 1. The largest absolute Gasteiger partial charge is 0.406 e. The number of benzene rings is 1. The van der Waals surface area contributed by atoms with Crippen LogP contribution in [0, 0.1) is 12.8 Å². The number of nitrogens with zero attached hydrogens (tertiary/aromatic N) is 2. The minimum absolute atomic E-state index is 0.0598. The molecule has 29 heavy (non-hydrogen) atoms. The van der Waals surface area contributed by atoms with Crippen molar-refractivity contribution in [3.8, 4) is 0 Å². The summed E-state index contributed by atoms with van der Waals surface area (Å²) in [5.41, 5.74) is 1.68. The summed E-state index contributed by atoms with van der Waals surface area (Å²) in [7, 11) is 0. The second-order valence-corrected chi connectivity index (χ2v) is 8.44. The average Bonchev–Trinajstić information content (AvgIpc) is 3.02. The van der Waals surface area contributed by atoms with Gasteiger partial charge in [0.05, 0.1) is 5.92 Å². The van der Waals surface area contributed by atoms with Crippen molar-refractivity contribution in [1.29, 1.82) is 0 Å². The van der Waals surface area contributed by atoms with Crippen LogP contribution in [-0.2, 0) is 9.59 Å². The van der Waals surface area contributed by atoms with Gasteiger partial charge in [0.15, 0.2) is 0 Å². The lowest BCUT2D eigenvalue weighted by Crippen LogP contribution is -2.37. The van der Waals surface area contributed by atoms with Crippen LogP contribution in [-0.4, -0.2) is 71.4 Å². The van der Waals surface area contributed by atoms with Crippen molar-refractivity contribution in [1.82, 2.24) is 9.80 Å². The van der Waals surface area contributed by atoms with Gasteiger partial charge in [-0.2, -0.15) is 24.9 Å². The van der Waals surface area contributed by atoms with Gasteiger partial charge in [0.1, 0.15) is 6.54 Å². The monoisotopic (exact) mass is 429 g/mol. The minimum Gasteiger partial charge on any atom is -0.337 e. The standard InChI is InChI=1S/C19H22F3N3O3S/c1-12-8-13(18(28)24-4-6-29-7-5-24)2-3-15(12)23-17(27)14-9-16(26)25(10-14)11-19(20,21)22/h2-3,8,14H,4-7,9-11H2,1H3,(H,23,27). The highest BCUT2D eigenvalue weighted by atomic mass is 32.2. The van der Waals surface area contributed by atoms with Crippen molar-refractivity contribution in [2.45, 2.75) is 19.5 Å². The highest BCUT2D eigenvalue weighted by molar-refractivity contribution is 7.99. The molecule has 1 aromatic carbocycles. The number of thioether (sulfide) groups is 1. The fourth-order valence-electron chi connectivity index (χ4n) is 3.44. The lowest BCUT2D eigenvalue weighted by Gasteiger charge is -2.26. The number of rotatable bonds is 4. The van der Waals surface area contributed by atoms with E-state index in [4.69, 9.17) is 0 Å². The van der Waals surface area contributed by atoms with Gasteiger partial charge < -0.3 is 15.1 Å². The molecule has 158 valence electrons. The van der Waals surface area contributed by atoms with Crippen LogP contribution in [0.1, 0.15) is 22.3 Å². The van der Waals surface area contributed by atoms with Gasteiger partial charge in [0.2, 0.25) is 11.8 Å². The van der Waals surface area contributed by atoms with Crippen LogP contribution in [0.2, 0.25) is 0 Å². The van der Waals surface area contributed by atoms with Gasteiger partial charge in [-0.3, -0.25) is 14.4 Å². The van der Waals surface area contributed by atoms with Crippen molar-refractivity contribution < 1.29 is 27.6 Å². The van der Waals surface area contributed by atoms with Gasteiger partial charge in [-0.15, -0.1) is 0 Å². The van der Waals surface area contributed by atoms with Crippen molar-refractivity contribution in [3.05, 3.63) is 29.3 Å². The van der Waals surface area contributed by atoms with E-state index < -0.39 is 30.5 Å². The lowest BCUT2D eigenvalue weighted by molar-refractivity contribution is -0.157. The van der Waals surface area contributed by atoms with E-state index in [1.54, 1.807) is 30.0 Å². The van der Waals surface area contributed by atoms with Gasteiger partial charge in [-0.05, 0) is 30.7 Å². The predicted octanol–water partition coefficient (Wildman–Crippen LogP) is 2.53. The molecule has 1 atom stereocenters. The van der Waals surface area contributed by atoms with Gasteiger partial charge in [-0.1, -0.05) is 0 Å². The Bertz CT molecular complexity index is 810. The third-order valence-corrected chi connectivity index (χ3v) is 5.93. The summed E-state index contributed by atoms with van der Waals surface area (Å²) in [4.78, 5) is 39.2. The number of amides is 3. The highest BCUT2D eigenvalue weighted by Crippen LogP contribution is 2.26. The van der Waals surface area contributed by atoms with E-state index in [1.807, 2.05) is 11.8 Å². The molecule has 0 radical (unpaired) electrons. The van der Waals surface area contributed by atoms with Crippen molar-refractivity contribution in [3.63, 3.8) is 0 Å². The first kappa shape index (κ1) is 21.5. The first-order chi connectivity index (χ1) is 13.6. The zero-order valence-corrected chi connectivity index (χ0v) is 16.7. The number of hydrogen-bond acceptors (Lipinski definition) is 4. The molecule has 1 unspecified atom stereocenters. The molecule has 10 heteroatoms. The molecule has 2 fully saturated rings. The molecule has 3 amide bonds. The first-order valence-electron chi connectivity index (χ1n) is 9.27. The summed E-state index contributed by atoms with van der Waals surface area (Å²) in [6, 6.07) is 4.93. The Morgan fingerprint density at radius 3 is 2.55 bits per heavy atom. The average molecular weight is 429 g/mol. The molecule has 1 N–H and O–H groups in total. The minimum atomic E-state index is -4.49. The summed E-state index contributed by atoms with van der Waals surface area (Å²) in [6.45, 7) is 1.54. The topological polar surface area (TPSA) is 69.7 Å². The Morgan fingerprint density at radius 1 is 1.24 bits per heavy atom. The van der Waals surface area contributed by atoms with E-state index >= 15 is 0 Å². The molecule has 0 spiro atoms. The molecular weight excluding hydrogens is 407 g/mol. The van der Waals surface area contributed by atoms with E-state index in [-0.39, 0.29) is 18.9 Å². The van der Waals surface area contributed by atoms with Crippen LogP contribution in [0.25, 0.3) is 0 Å². The summed E-state index contributed by atoms with van der Waals surface area (Å²) in [5.74, 6) is -0.265. The van der Waals surface area contributed by atoms with Crippen molar-refractivity contribution in [2.24, 2.45) is 5.92 Å². The van der Waals surface area contributed by atoms with E-state index in [0.717, 1.165) is 11.5 Å². The Labute approximate surface area is 170 Å². The molecule has 2 saturated heterocycles. The summed E-state index contributed by atoms with van der Waals surface area (Å²) in [6.07, 6.45) is -4.74. The molecule has 0 aliphatic carbocycles. The zero-order valence-electron chi connectivity index (χ0n) is 15.9. The van der Waals surface area contributed by atoms with Crippen LogP contribution in [0.3, 0.4) is 0 Å². The normalized spacial score (nSPS) is 20.1. The van der Waals surface area contributed by atoms with Gasteiger partial charge in [-0.25, -0.2) is 0 Å². The van der Waals surface area contributed by atoms with E-state index in [2.05, 4.69) is 5.32 Å². The van der Waals surface area contributed by atoms with Gasteiger partial charge in [0.25, 0.3) is 5.91 Å². The SMILES string of the molecule is Cc1cc(C(=O)N2CCSCC2)ccc1NC(=O)C1CC(=O)N(CC(F)(F)F)C1. The smallest absolute Gasteiger partial charge is 0.337 e. The number of carbonyl (C=O) groups is 3. The third kappa shape index (κ3) is 5.43. The second kappa shape index (κ2) is 8.64. The molecule has 2 heterocycles. The number of aryl methyl sites for hydroxylation is 1. The van der Waals surface area contributed by atoms with Crippen molar-refractivity contribution >= 4 is 35.2 Å². The van der Waals surface area contributed by atoms with Crippen LogP contribution in [0.15, 0.2) is 18.2 Å². The zero-order chi connectivity index (χ0) is 21.2. The molecule has 0 saturated carbocycles. The van der Waals surface area contributed by atoms with Crippen LogP contribution < -0.4 is 5.32 Å². The lowest BCUT2D eigenvalue weighted by atomic mass is 10.1. The molecule has 6 nitrogen and oxygen atoms in total. The van der Waals surface area contributed by atoms with Crippen LogP contribution >= 0.6 is 11.8 Å². The predicted molar refractivity (Wildman–Crippen MR) is 104 cm³/mol. The molecular formula is C19H22F3N3O3S. The number of alkyl halides is 3. The van der Waals surface area contributed by atoms with Gasteiger partial charge >= 0.3 is 6.18 Å². The Balaban J connectivity index is 1.62. The molecule has 0 aromatic heterocycles. The molecule has 2 aliphatic heterocycles. The second-order valence-electron chi connectivity index (χ2n) is 7.21.